The summed E-state index contributed by atoms with van der Waals surface area (Å²) in [6.07, 6.45) is 3.27. The Morgan fingerprint density at radius 2 is 1.55 bits per heavy atom. The molecule has 4 heteroatoms. The average molecular weight is 288 g/mol. The molecule has 0 radical (unpaired) electrons. The summed E-state index contributed by atoms with van der Waals surface area (Å²) in [6, 6.07) is 17.4. The molecule has 3 nitrogen and oxygen atoms in total. The molecule has 0 amide bonds. The van der Waals surface area contributed by atoms with E-state index >= 15 is 0 Å². The van der Waals surface area contributed by atoms with Crippen LogP contribution in [0.1, 0.15) is 35.6 Å². The Hall–Kier alpha value is -1.79. The van der Waals surface area contributed by atoms with Gasteiger partial charge in [-0.2, -0.15) is 0 Å². The molecule has 0 aliphatic rings. The number of rotatable bonds is 6. The van der Waals surface area contributed by atoms with Crippen LogP contribution >= 0.6 is 0 Å². The zero-order chi connectivity index (χ0) is 15.1. The van der Waals surface area contributed by atoms with Gasteiger partial charge in [-0.15, -0.1) is 0 Å². The van der Waals surface area contributed by atoms with Crippen LogP contribution in [0.4, 0.5) is 0 Å². The average Bonchev–Trinajstić information content (AvgIpc) is 2.52. The van der Waals surface area contributed by atoms with Crippen molar-refractivity contribution in [3.8, 4) is 0 Å². The quantitative estimate of drug-likeness (QED) is 0.572. The molecule has 2 aromatic carbocycles. The molecule has 0 saturated heterocycles. The van der Waals surface area contributed by atoms with Crippen LogP contribution < -0.4 is 24.0 Å². The fourth-order valence-electron chi connectivity index (χ4n) is 2.01. The molecule has 108 valence electrons. The fourth-order valence-corrected chi connectivity index (χ4v) is 2.01. The summed E-state index contributed by atoms with van der Waals surface area (Å²) in [5.74, 6) is -1.14. The summed E-state index contributed by atoms with van der Waals surface area (Å²) in [7, 11) is 0. The summed E-state index contributed by atoms with van der Waals surface area (Å²) < 4.78 is 0. The monoisotopic (exact) mass is 288 g/mol. The molecule has 22 heavy (non-hydrogen) atoms. The first-order valence-corrected chi connectivity index (χ1v) is 6.86. The summed E-state index contributed by atoms with van der Waals surface area (Å²) in [6.45, 7) is 0. The van der Waals surface area contributed by atoms with E-state index < -0.39 is 12.1 Å². The molecule has 0 saturated carbocycles. The van der Waals surface area contributed by atoms with E-state index in [2.05, 4.69) is 0 Å². The number of aliphatic hydroxyl groups is 1. The van der Waals surface area contributed by atoms with Crippen molar-refractivity contribution in [2.75, 3.05) is 0 Å². The maximum atomic E-state index is 10.4. The second-order valence-electron chi connectivity index (χ2n) is 4.84. The molecule has 0 bridgehead atoms. The molecule has 0 fully saturated rings. The Morgan fingerprint density at radius 3 is 2.09 bits per heavy atom. The smallest absolute Gasteiger partial charge is 0.550 e. The van der Waals surface area contributed by atoms with Gasteiger partial charge in [0.15, 0.2) is 0 Å². The topological polar surface area (TPSA) is 60.4 Å². The molecule has 2 rings (SSSR count). The second-order valence-corrected chi connectivity index (χ2v) is 4.84. The Morgan fingerprint density at radius 1 is 1.00 bits per heavy atom. The van der Waals surface area contributed by atoms with Gasteiger partial charge in [0.2, 0.25) is 0 Å². The molecule has 0 heterocycles. The predicted octanol–water partition coefficient (Wildman–Crippen LogP) is -0.575. The Labute approximate surface area is 142 Å². The molecule has 0 aromatic heterocycles. The van der Waals surface area contributed by atoms with Crippen LogP contribution in [-0.4, -0.2) is 11.1 Å². The summed E-state index contributed by atoms with van der Waals surface area (Å²) in [4.78, 5) is 10.4. The third-order valence-corrected chi connectivity index (χ3v) is 3.21. The van der Waals surface area contributed by atoms with Gasteiger partial charge >= 0.3 is 18.9 Å². The molecule has 0 aliphatic heterocycles. The predicted molar refractivity (Wildman–Crippen MR) is 81.0 cm³/mol. The number of carbonyl (C=O) groups excluding carboxylic acids is 1. The molecule has 0 aliphatic carbocycles. The number of benzene rings is 2. The SMILES string of the molecule is O=C([O-])CCC(O)c1ccc(/C=C/c2ccccc2)cc1.[Li+]. The molecule has 1 atom stereocenters. The fraction of sp³-hybridized carbons (Fsp3) is 0.167. The van der Waals surface area contributed by atoms with Crippen LogP contribution in [0.5, 0.6) is 0 Å². The summed E-state index contributed by atoms with van der Waals surface area (Å²) in [5, 5.41) is 20.2. The van der Waals surface area contributed by atoms with Crippen LogP contribution in [0, 0.1) is 0 Å². The zero-order valence-corrected chi connectivity index (χ0v) is 12.6. The number of hydrogen-bond donors (Lipinski definition) is 1. The van der Waals surface area contributed by atoms with Crippen LogP contribution in [0.2, 0.25) is 0 Å². The molecule has 1 N–H and O–H groups in total. The largest absolute Gasteiger partial charge is 1.00 e. The number of aliphatic hydroxyl groups excluding tert-OH is 1. The van der Waals surface area contributed by atoms with Crippen LogP contribution in [0.3, 0.4) is 0 Å². The molecule has 0 spiro atoms. The number of carboxylic acids is 1. The van der Waals surface area contributed by atoms with E-state index in [4.69, 9.17) is 0 Å². The standard InChI is InChI=1S/C18H18O3.Li/c19-17(12-13-18(20)21)16-10-8-15(9-11-16)7-6-14-4-2-1-3-5-14;/h1-11,17,19H,12-13H2,(H,20,21);/q;+1/p-1/b7-6+;. The van der Waals surface area contributed by atoms with Crippen LogP contribution in [-0.2, 0) is 4.79 Å². The van der Waals surface area contributed by atoms with Gasteiger partial charge in [0, 0.05) is 5.97 Å². The van der Waals surface area contributed by atoms with Crippen LogP contribution in [0.15, 0.2) is 54.6 Å². The van der Waals surface area contributed by atoms with Crippen molar-refractivity contribution in [3.63, 3.8) is 0 Å². The number of hydrogen-bond acceptors (Lipinski definition) is 3. The van der Waals surface area contributed by atoms with Crippen molar-refractivity contribution >= 4 is 18.1 Å². The van der Waals surface area contributed by atoms with Crippen molar-refractivity contribution in [1.29, 1.82) is 0 Å². The first kappa shape index (κ1) is 18.3. The van der Waals surface area contributed by atoms with Gasteiger partial charge < -0.3 is 15.0 Å². The van der Waals surface area contributed by atoms with Gasteiger partial charge in [-0.25, -0.2) is 0 Å². The Balaban J connectivity index is 0.00000242. The summed E-state index contributed by atoms with van der Waals surface area (Å²) in [5.41, 5.74) is 2.86. The van der Waals surface area contributed by atoms with Crippen LogP contribution in [0.25, 0.3) is 12.2 Å². The number of aliphatic carboxylic acids is 1. The van der Waals surface area contributed by atoms with E-state index in [1.54, 1.807) is 0 Å². The summed E-state index contributed by atoms with van der Waals surface area (Å²) >= 11 is 0. The zero-order valence-electron chi connectivity index (χ0n) is 12.6. The van der Waals surface area contributed by atoms with Crippen molar-refractivity contribution < 1.29 is 33.9 Å². The van der Waals surface area contributed by atoms with Gasteiger partial charge in [0.25, 0.3) is 0 Å². The second kappa shape index (κ2) is 9.27. The third-order valence-electron chi connectivity index (χ3n) is 3.21. The molecular formula is C18H17LiO3. The van der Waals surface area contributed by atoms with Gasteiger partial charge in [-0.05, 0) is 29.5 Å². The van der Waals surface area contributed by atoms with Gasteiger partial charge in [0.05, 0.1) is 6.10 Å². The van der Waals surface area contributed by atoms with Crippen molar-refractivity contribution in [3.05, 3.63) is 71.3 Å². The van der Waals surface area contributed by atoms with Crippen molar-refractivity contribution in [1.82, 2.24) is 0 Å². The van der Waals surface area contributed by atoms with E-state index in [0.29, 0.717) is 5.56 Å². The van der Waals surface area contributed by atoms with E-state index in [0.717, 1.165) is 11.1 Å². The maximum Gasteiger partial charge on any atom is 1.00 e. The number of carboxylic acid groups (broad SMARTS) is 1. The Bertz CT molecular complexity index is 606. The minimum absolute atomic E-state index is 0. The van der Waals surface area contributed by atoms with Crippen molar-refractivity contribution in [2.24, 2.45) is 0 Å². The normalized spacial score (nSPS) is 11.9. The van der Waals surface area contributed by atoms with E-state index in [1.165, 1.54) is 0 Å². The molecule has 2 aromatic rings. The molecule has 1 unspecified atom stereocenters. The van der Waals surface area contributed by atoms with Crippen molar-refractivity contribution in [2.45, 2.75) is 18.9 Å². The maximum absolute atomic E-state index is 10.4. The minimum Gasteiger partial charge on any atom is -0.550 e. The minimum atomic E-state index is -1.14. The first-order valence-electron chi connectivity index (χ1n) is 6.86. The Kier molecular flexibility index (Phi) is 7.69. The van der Waals surface area contributed by atoms with Gasteiger partial charge in [-0.3, -0.25) is 0 Å². The van der Waals surface area contributed by atoms with E-state index in [1.807, 2.05) is 66.7 Å². The van der Waals surface area contributed by atoms with Gasteiger partial charge in [-0.1, -0.05) is 66.7 Å². The van der Waals surface area contributed by atoms with E-state index in [-0.39, 0.29) is 31.7 Å². The van der Waals surface area contributed by atoms with Gasteiger partial charge in [0.1, 0.15) is 0 Å². The third kappa shape index (κ3) is 5.91. The number of carbonyl (C=O) groups is 1. The van der Waals surface area contributed by atoms with E-state index in [9.17, 15) is 15.0 Å². The first-order chi connectivity index (χ1) is 10.1. The molecular weight excluding hydrogens is 271 g/mol.